The van der Waals surface area contributed by atoms with Crippen molar-refractivity contribution >= 4 is 46.8 Å². The summed E-state index contributed by atoms with van der Waals surface area (Å²) >= 11 is 1.07. The number of likely N-dealkylation sites (N-methyl/N-ethyl adjacent to an activating group) is 1. The third kappa shape index (κ3) is 6.69. The molecule has 2 aromatic rings. The van der Waals surface area contributed by atoms with Gasteiger partial charge in [-0.3, -0.25) is 4.79 Å². The van der Waals surface area contributed by atoms with Crippen LogP contribution in [0.2, 0.25) is 0 Å². The number of fused-ring (bicyclic) bond motifs is 1. The van der Waals surface area contributed by atoms with Gasteiger partial charge in [0.25, 0.3) is 0 Å². The highest BCUT2D eigenvalue weighted by atomic mass is 32.1. The zero-order valence-corrected chi connectivity index (χ0v) is 19.7. The Morgan fingerprint density at radius 1 is 1.29 bits per heavy atom. The van der Waals surface area contributed by atoms with E-state index in [-0.39, 0.29) is 42.3 Å². The number of nitrogens with one attached hydrogen (secondary N) is 2. The first kappa shape index (κ1) is 25.7. The molecule has 3 heterocycles. The fourth-order valence-corrected chi connectivity index (χ4v) is 4.91. The van der Waals surface area contributed by atoms with Crippen LogP contribution in [-0.4, -0.2) is 54.3 Å². The largest absolute Gasteiger partial charge is 0.393 e. The Bertz CT molecular complexity index is 874. The topological polar surface area (TPSA) is 70.2 Å². The predicted octanol–water partition coefficient (Wildman–Crippen LogP) is 3.63. The van der Waals surface area contributed by atoms with Gasteiger partial charge in [0, 0.05) is 31.1 Å². The number of hydrogen-bond donors (Lipinski definition) is 2. The Morgan fingerprint density at radius 3 is 2.68 bits per heavy atom. The molecule has 1 aliphatic rings. The van der Waals surface area contributed by atoms with Crippen LogP contribution < -0.4 is 15.5 Å². The minimum absolute atomic E-state index is 0. The molecule has 31 heavy (non-hydrogen) atoms. The highest BCUT2D eigenvalue weighted by Crippen LogP contribution is 2.34. The van der Waals surface area contributed by atoms with Crippen molar-refractivity contribution in [2.45, 2.75) is 57.8 Å². The van der Waals surface area contributed by atoms with E-state index in [0.717, 1.165) is 37.1 Å². The fourth-order valence-electron chi connectivity index (χ4n) is 3.88. The molecule has 2 atom stereocenters. The molecular formula is C20H30F3N5OS2. The number of anilines is 1. The zero-order valence-electron chi connectivity index (χ0n) is 17.9. The first-order valence-electron chi connectivity index (χ1n) is 10.2. The smallest absolute Gasteiger partial charge is 0.358 e. The maximum absolute atomic E-state index is 12.8. The summed E-state index contributed by atoms with van der Waals surface area (Å²) in [5, 5.41) is 6.89. The predicted molar refractivity (Wildman–Crippen MR) is 123 cm³/mol. The van der Waals surface area contributed by atoms with Gasteiger partial charge in [-0.2, -0.15) is 26.7 Å². The maximum Gasteiger partial charge on any atom is 0.393 e. The fraction of sp³-hybridized carbons (Fsp3) is 0.650. The molecule has 0 bridgehead atoms. The Hall–Kier alpha value is -1.59. The second-order valence-corrected chi connectivity index (χ2v) is 9.15. The second kappa shape index (κ2) is 10.8. The SMILES string of the molecule is CNC(=O)[C@@H](NC1CCCN(c2ncnc3sc(CC(F)(F)F)cc23)CC1)C(C)C.S. The molecule has 1 unspecified atom stereocenters. The van der Waals surface area contributed by atoms with E-state index in [9.17, 15) is 18.0 Å². The van der Waals surface area contributed by atoms with Crippen molar-refractivity contribution in [3.8, 4) is 0 Å². The number of nitrogens with zero attached hydrogens (tertiary/aromatic N) is 3. The van der Waals surface area contributed by atoms with Crippen LogP contribution in [0.15, 0.2) is 12.4 Å². The molecule has 1 saturated heterocycles. The van der Waals surface area contributed by atoms with Gasteiger partial charge in [0.15, 0.2) is 0 Å². The summed E-state index contributed by atoms with van der Waals surface area (Å²) in [6, 6.07) is 1.52. The van der Waals surface area contributed by atoms with Gasteiger partial charge >= 0.3 is 6.18 Å². The number of hydrogen-bond acceptors (Lipinski definition) is 6. The lowest BCUT2D eigenvalue weighted by atomic mass is 10.00. The summed E-state index contributed by atoms with van der Waals surface area (Å²) in [6.45, 7) is 5.51. The molecule has 6 nitrogen and oxygen atoms in total. The standard InChI is InChI=1S/C20H28F3N5OS.H2S/c1-12(2)16(18(29)24-3)27-13-5-4-7-28(8-6-13)17-15-9-14(10-20(21,22)23)30-19(15)26-11-25-17;/h9,11-13,16,27H,4-8,10H2,1-3H3,(H,24,29);1H2/t13?,16-;/m0./s1. The molecule has 2 aromatic heterocycles. The summed E-state index contributed by atoms with van der Waals surface area (Å²) in [7, 11) is 1.64. The summed E-state index contributed by atoms with van der Waals surface area (Å²) in [5.41, 5.74) is 0. The van der Waals surface area contributed by atoms with Crippen LogP contribution in [-0.2, 0) is 11.2 Å². The lowest BCUT2D eigenvalue weighted by Gasteiger charge is -2.27. The number of carbonyl (C=O) groups is 1. The quantitative estimate of drug-likeness (QED) is 0.665. The minimum Gasteiger partial charge on any atom is -0.358 e. The molecule has 11 heteroatoms. The van der Waals surface area contributed by atoms with Crippen molar-refractivity contribution in [2.24, 2.45) is 5.92 Å². The lowest BCUT2D eigenvalue weighted by molar-refractivity contribution is -0.126. The minimum atomic E-state index is -4.24. The van der Waals surface area contributed by atoms with Crippen LogP contribution in [0.4, 0.5) is 19.0 Å². The van der Waals surface area contributed by atoms with E-state index < -0.39 is 12.6 Å². The van der Waals surface area contributed by atoms with Crippen molar-refractivity contribution in [3.05, 3.63) is 17.3 Å². The molecule has 0 spiro atoms. The van der Waals surface area contributed by atoms with Gasteiger partial charge < -0.3 is 15.5 Å². The first-order valence-corrected chi connectivity index (χ1v) is 11.0. The Morgan fingerprint density at radius 2 is 2.03 bits per heavy atom. The molecule has 0 saturated carbocycles. The number of rotatable bonds is 6. The molecule has 1 amide bonds. The van der Waals surface area contributed by atoms with Crippen LogP contribution in [0.5, 0.6) is 0 Å². The lowest BCUT2D eigenvalue weighted by Crippen LogP contribution is -2.50. The van der Waals surface area contributed by atoms with Crippen LogP contribution in [0.3, 0.4) is 0 Å². The van der Waals surface area contributed by atoms with E-state index >= 15 is 0 Å². The Balaban J connectivity index is 0.00000341. The van der Waals surface area contributed by atoms with E-state index in [2.05, 4.69) is 25.5 Å². The van der Waals surface area contributed by atoms with Crippen LogP contribution in [0.25, 0.3) is 10.2 Å². The van der Waals surface area contributed by atoms with Gasteiger partial charge in [0.05, 0.1) is 17.8 Å². The summed E-state index contributed by atoms with van der Waals surface area (Å²) < 4.78 is 38.4. The van der Waals surface area contributed by atoms with Crippen LogP contribution in [0, 0.1) is 5.92 Å². The average Bonchev–Trinajstić information content (AvgIpc) is 2.92. The van der Waals surface area contributed by atoms with Crippen LogP contribution >= 0.6 is 24.8 Å². The van der Waals surface area contributed by atoms with Gasteiger partial charge in [-0.15, -0.1) is 11.3 Å². The third-order valence-electron chi connectivity index (χ3n) is 5.37. The van der Waals surface area contributed by atoms with Gasteiger partial charge in [0.1, 0.15) is 17.0 Å². The number of amides is 1. The number of carbonyl (C=O) groups excluding carboxylic acids is 1. The summed E-state index contributed by atoms with van der Waals surface area (Å²) in [5.74, 6) is 0.847. The third-order valence-corrected chi connectivity index (χ3v) is 6.42. The van der Waals surface area contributed by atoms with Crippen molar-refractivity contribution in [3.63, 3.8) is 0 Å². The first-order chi connectivity index (χ1) is 14.2. The van der Waals surface area contributed by atoms with Crippen molar-refractivity contribution < 1.29 is 18.0 Å². The number of thiophene rings is 1. The second-order valence-electron chi connectivity index (χ2n) is 8.04. The zero-order chi connectivity index (χ0) is 21.9. The highest BCUT2D eigenvalue weighted by Gasteiger charge is 2.30. The average molecular weight is 478 g/mol. The van der Waals surface area contributed by atoms with Gasteiger partial charge in [-0.1, -0.05) is 13.8 Å². The molecule has 1 fully saturated rings. The van der Waals surface area contributed by atoms with Gasteiger partial charge in [-0.25, -0.2) is 9.97 Å². The van der Waals surface area contributed by atoms with E-state index in [1.165, 1.54) is 6.33 Å². The summed E-state index contributed by atoms with van der Waals surface area (Å²) in [6.07, 6.45) is -1.11. The van der Waals surface area contributed by atoms with E-state index in [0.29, 0.717) is 22.6 Å². The van der Waals surface area contributed by atoms with Gasteiger partial charge in [0.2, 0.25) is 5.91 Å². The normalized spacial score (nSPS) is 18.5. The van der Waals surface area contributed by atoms with Crippen molar-refractivity contribution in [1.82, 2.24) is 20.6 Å². The van der Waals surface area contributed by atoms with Crippen LogP contribution in [0.1, 0.15) is 38.0 Å². The highest BCUT2D eigenvalue weighted by molar-refractivity contribution is 7.59. The molecule has 0 aromatic carbocycles. The molecule has 0 radical (unpaired) electrons. The number of alkyl halides is 3. The summed E-state index contributed by atoms with van der Waals surface area (Å²) in [4.78, 5) is 23.7. The number of aromatic nitrogens is 2. The van der Waals surface area contributed by atoms with Crippen molar-refractivity contribution in [1.29, 1.82) is 0 Å². The van der Waals surface area contributed by atoms with E-state index in [1.54, 1.807) is 13.1 Å². The maximum atomic E-state index is 12.8. The van der Waals surface area contributed by atoms with E-state index in [4.69, 9.17) is 0 Å². The van der Waals surface area contributed by atoms with Crippen molar-refractivity contribution in [2.75, 3.05) is 25.0 Å². The molecule has 3 rings (SSSR count). The molecule has 2 N–H and O–H groups in total. The molecular weight excluding hydrogens is 447 g/mol. The molecule has 174 valence electrons. The van der Waals surface area contributed by atoms with Gasteiger partial charge in [-0.05, 0) is 31.2 Å². The molecule has 1 aliphatic heterocycles. The monoisotopic (exact) mass is 477 g/mol. The number of halogens is 3. The van der Waals surface area contributed by atoms with E-state index in [1.807, 2.05) is 13.8 Å². The Kier molecular flexibility index (Phi) is 8.96. The molecule has 0 aliphatic carbocycles. The Labute approximate surface area is 191 Å².